The predicted octanol–water partition coefficient (Wildman–Crippen LogP) is 3.29. The molecule has 0 aliphatic rings. The number of carbonyl (C=O) groups excluding carboxylic acids is 2. The number of benzene rings is 1. The Morgan fingerprint density at radius 2 is 1.82 bits per heavy atom. The summed E-state index contributed by atoms with van der Waals surface area (Å²) in [5.41, 5.74) is 0.930. The molecule has 0 fully saturated rings. The van der Waals surface area contributed by atoms with E-state index in [-0.39, 0.29) is 11.4 Å². The molecule has 0 N–H and O–H groups in total. The van der Waals surface area contributed by atoms with Crippen LogP contribution in [0.4, 0.5) is 0 Å². The van der Waals surface area contributed by atoms with Crippen molar-refractivity contribution in [3.05, 3.63) is 29.3 Å². The first kappa shape index (κ1) is 13.7. The lowest BCUT2D eigenvalue weighted by Crippen LogP contribution is -2.15. The monoisotopic (exact) mass is 254 g/mol. The first-order valence-electron chi connectivity index (χ1n) is 5.24. The predicted molar refractivity (Wildman–Crippen MR) is 66.6 cm³/mol. The summed E-state index contributed by atoms with van der Waals surface area (Å²) in [6.07, 6.45) is 0. The van der Waals surface area contributed by atoms with Gasteiger partial charge in [-0.05, 0) is 35.2 Å². The molecule has 4 heteroatoms. The molecule has 0 spiro atoms. The van der Waals surface area contributed by atoms with Crippen LogP contribution in [0.25, 0.3) is 0 Å². The first-order chi connectivity index (χ1) is 7.71. The van der Waals surface area contributed by atoms with E-state index in [1.807, 2.05) is 20.8 Å². The molecule has 0 heterocycles. The number of rotatable bonds is 2. The van der Waals surface area contributed by atoms with E-state index < -0.39 is 5.24 Å². The van der Waals surface area contributed by atoms with Gasteiger partial charge < -0.3 is 4.74 Å². The number of esters is 1. The van der Waals surface area contributed by atoms with Crippen LogP contribution in [0.2, 0.25) is 0 Å². The number of halogens is 1. The molecular formula is C13H15ClO3. The van der Waals surface area contributed by atoms with Crippen molar-refractivity contribution in [1.29, 1.82) is 0 Å². The molecule has 0 saturated heterocycles. The van der Waals surface area contributed by atoms with Gasteiger partial charge in [-0.15, -0.1) is 0 Å². The maximum Gasteiger partial charge on any atom is 0.308 e. The molecule has 0 aromatic heterocycles. The molecule has 0 aliphatic heterocycles. The Balaban J connectivity index is 3.31. The van der Waals surface area contributed by atoms with Gasteiger partial charge in [0.05, 0.1) is 0 Å². The minimum Gasteiger partial charge on any atom is -0.426 e. The number of ether oxygens (including phenoxy) is 1. The Bertz CT molecular complexity index is 458. The van der Waals surface area contributed by atoms with Crippen molar-refractivity contribution in [3.63, 3.8) is 0 Å². The van der Waals surface area contributed by atoms with Gasteiger partial charge in [-0.3, -0.25) is 9.59 Å². The highest BCUT2D eigenvalue weighted by molar-refractivity contribution is 6.67. The maximum atomic E-state index is 11.1. The van der Waals surface area contributed by atoms with Gasteiger partial charge in [0.25, 0.3) is 5.24 Å². The standard InChI is InChI=1S/C13H15ClO3/c1-8(15)17-11-6-5-9(12(14)16)7-10(11)13(2,3)4/h5-7H,1-4H3. The number of hydrogen-bond acceptors (Lipinski definition) is 3. The lowest BCUT2D eigenvalue weighted by Gasteiger charge is -2.22. The van der Waals surface area contributed by atoms with Crippen molar-refractivity contribution in [3.8, 4) is 5.75 Å². The lowest BCUT2D eigenvalue weighted by atomic mass is 9.85. The van der Waals surface area contributed by atoms with Crippen molar-refractivity contribution in [1.82, 2.24) is 0 Å². The van der Waals surface area contributed by atoms with Crippen LogP contribution in [0.1, 0.15) is 43.6 Å². The summed E-state index contributed by atoms with van der Waals surface area (Å²) in [6.45, 7) is 7.25. The Morgan fingerprint density at radius 3 is 2.24 bits per heavy atom. The molecule has 17 heavy (non-hydrogen) atoms. The van der Waals surface area contributed by atoms with Crippen LogP contribution in [0.3, 0.4) is 0 Å². The summed E-state index contributed by atoms with van der Waals surface area (Å²) in [7, 11) is 0. The maximum absolute atomic E-state index is 11.1. The Hall–Kier alpha value is -1.35. The van der Waals surface area contributed by atoms with E-state index in [2.05, 4.69) is 0 Å². The van der Waals surface area contributed by atoms with Gasteiger partial charge in [-0.25, -0.2) is 0 Å². The van der Waals surface area contributed by atoms with E-state index >= 15 is 0 Å². The summed E-state index contributed by atoms with van der Waals surface area (Å²) >= 11 is 5.44. The Kier molecular flexibility index (Phi) is 3.94. The Labute approximate surface area is 106 Å². The molecule has 0 atom stereocenters. The minimum absolute atomic E-state index is 0.243. The second-order valence-corrected chi connectivity index (χ2v) is 5.17. The fraction of sp³-hybridized carbons (Fsp3) is 0.385. The van der Waals surface area contributed by atoms with Crippen LogP contribution in [0, 0.1) is 0 Å². The molecule has 0 radical (unpaired) electrons. The van der Waals surface area contributed by atoms with Crippen LogP contribution in [0.15, 0.2) is 18.2 Å². The van der Waals surface area contributed by atoms with E-state index in [0.717, 1.165) is 5.56 Å². The van der Waals surface area contributed by atoms with Crippen molar-refractivity contribution >= 4 is 22.8 Å². The highest BCUT2D eigenvalue weighted by Crippen LogP contribution is 2.32. The SMILES string of the molecule is CC(=O)Oc1ccc(C(=O)Cl)cc1C(C)(C)C. The molecular weight excluding hydrogens is 240 g/mol. The molecule has 0 bridgehead atoms. The highest BCUT2D eigenvalue weighted by Gasteiger charge is 2.21. The van der Waals surface area contributed by atoms with E-state index in [1.54, 1.807) is 18.2 Å². The third kappa shape index (κ3) is 3.56. The van der Waals surface area contributed by atoms with Crippen molar-refractivity contribution in [2.45, 2.75) is 33.1 Å². The Morgan fingerprint density at radius 1 is 1.24 bits per heavy atom. The van der Waals surface area contributed by atoms with E-state index in [4.69, 9.17) is 16.3 Å². The molecule has 1 rings (SSSR count). The average Bonchev–Trinajstić information content (AvgIpc) is 2.15. The molecule has 0 aliphatic carbocycles. The van der Waals surface area contributed by atoms with Crippen molar-refractivity contribution in [2.75, 3.05) is 0 Å². The summed E-state index contributed by atoms with van der Waals surface area (Å²) in [5, 5.41) is -0.523. The summed E-state index contributed by atoms with van der Waals surface area (Å²) in [4.78, 5) is 22.1. The van der Waals surface area contributed by atoms with Gasteiger partial charge >= 0.3 is 5.97 Å². The summed E-state index contributed by atoms with van der Waals surface area (Å²) < 4.78 is 5.11. The smallest absolute Gasteiger partial charge is 0.308 e. The zero-order valence-corrected chi connectivity index (χ0v) is 11.1. The molecule has 0 unspecified atom stereocenters. The molecule has 1 aromatic rings. The van der Waals surface area contributed by atoms with Crippen LogP contribution in [-0.4, -0.2) is 11.2 Å². The second kappa shape index (κ2) is 4.88. The number of hydrogen-bond donors (Lipinski definition) is 0. The summed E-state index contributed by atoms with van der Waals surface area (Å²) in [5.74, 6) is 0.0760. The quantitative estimate of drug-likeness (QED) is 0.462. The van der Waals surface area contributed by atoms with Gasteiger partial charge in [-0.1, -0.05) is 20.8 Å². The lowest BCUT2D eigenvalue weighted by molar-refractivity contribution is -0.131. The topological polar surface area (TPSA) is 43.4 Å². The van der Waals surface area contributed by atoms with Gasteiger partial charge in [0.2, 0.25) is 0 Å². The second-order valence-electron chi connectivity index (χ2n) is 4.83. The molecule has 1 aromatic carbocycles. The van der Waals surface area contributed by atoms with Gasteiger partial charge in [-0.2, -0.15) is 0 Å². The molecule has 92 valence electrons. The third-order valence-corrected chi connectivity index (χ3v) is 2.49. The first-order valence-corrected chi connectivity index (χ1v) is 5.62. The van der Waals surface area contributed by atoms with Crippen LogP contribution in [-0.2, 0) is 10.2 Å². The highest BCUT2D eigenvalue weighted by atomic mass is 35.5. The molecule has 0 amide bonds. The largest absolute Gasteiger partial charge is 0.426 e. The zero-order chi connectivity index (χ0) is 13.2. The van der Waals surface area contributed by atoms with E-state index in [1.165, 1.54) is 6.92 Å². The fourth-order valence-corrected chi connectivity index (χ4v) is 1.60. The van der Waals surface area contributed by atoms with Crippen LogP contribution < -0.4 is 4.74 Å². The van der Waals surface area contributed by atoms with Gasteiger partial charge in [0.15, 0.2) is 0 Å². The van der Waals surface area contributed by atoms with E-state index in [9.17, 15) is 9.59 Å². The van der Waals surface area contributed by atoms with Crippen LogP contribution in [0.5, 0.6) is 5.75 Å². The normalized spacial score (nSPS) is 11.1. The van der Waals surface area contributed by atoms with Crippen LogP contribution >= 0.6 is 11.6 Å². The third-order valence-electron chi connectivity index (χ3n) is 2.27. The fourth-order valence-electron chi connectivity index (χ4n) is 1.48. The molecule has 0 saturated carbocycles. The number of carbonyl (C=O) groups is 2. The molecule has 3 nitrogen and oxygen atoms in total. The zero-order valence-electron chi connectivity index (χ0n) is 10.3. The van der Waals surface area contributed by atoms with Crippen molar-refractivity contribution < 1.29 is 14.3 Å². The van der Waals surface area contributed by atoms with Gasteiger partial charge in [0.1, 0.15) is 5.75 Å². The van der Waals surface area contributed by atoms with Gasteiger partial charge in [0, 0.05) is 18.1 Å². The van der Waals surface area contributed by atoms with Crippen molar-refractivity contribution in [2.24, 2.45) is 0 Å². The van der Waals surface area contributed by atoms with E-state index in [0.29, 0.717) is 11.3 Å². The minimum atomic E-state index is -0.523. The summed E-state index contributed by atoms with van der Waals surface area (Å²) in [6, 6.07) is 4.80. The average molecular weight is 255 g/mol.